The molecule has 2 aliphatic rings. The number of ether oxygens (including phenoxy) is 3. The van der Waals surface area contributed by atoms with Crippen LogP contribution in [0.1, 0.15) is 46.5 Å². The molecular weight excluding hydrogens is 392 g/mol. The predicted octanol–water partition coefficient (Wildman–Crippen LogP) is 1.75. The van der Waals surface area contributed by atoms with Crippen molar-refractivity contribution in [2.75, 3.05) is 13.2 Å². The molecule has 4 atom stereocenters. The number of aliphatic hydroxyl groups excluding tert-OH is 1. The van der Waals surface area contributed by atoms with Gasteiger partial charge in [0.05, 0.1) is 23.7 Å². The normalized spacial score (nSPS) is 31.8. The van der Waals surface area contributed by atoms with Crippen molar-refractivity contribution in [3.8, 4) is 0 Å². The third-order valence-electron chi connectivity index (χ3n) is 5.45. The molecule has 0 spiro atoms. The van der Waals surface area contributed by atoms with E-state index < -0.39 is 41.6 Å². The van der Waals surface area contributed by atoms with Crippen LogP contribution in [-0.2, 0) is 28.6 Å². The number of carbonyl (C=O) groups excluding carboxylic acids is 3. The van der Waals surface area contributed by atoms with E-state index in [-0.39, 0.29) is 37.2 Å². The zero-order valence-electron chi connectivity index (χ0n) is 17.7. The zero-order chi connectivity index (χ0) is 22.5. The Bertz CT molecular complexity index is 761. The van der Waals surface area contributed by atoms with Crippen LogP contribution in [0.5, 0.6) is 0 Å². The lowest BCUT2D eigenvalue weighted by Gasteiger charge is -2.34. The number of rotatable bonds is 5. The standard InChI is InChI=1S/C22H30O8/c1-5-16(12-28-14(3)24)21(26)30-18-10-22(4,27)8-6-7-15(11-23)9-17-19(18)13(2)20(25)29-17/h5,7,17-19,23,27H,2,6,8-12H2,1,3-4H3/b15-7+,16-5-/t17-,18-,19+,22+/m0/s1. The van der Waals surface area contributed by atoms with Gasteiger partial charge in [-0.1, -0.05) is 18.7 Å². The Hall–Kier alpha value is -2.45. The zero-order valence-corrected chi connectivity index (χ0v) is 17.7. The van der Waals surface area contributed by atoms with Gasteiger partial charge in [0.25, 0.3) is 0 Å². The fourth-order valence-electron chi connectivity index (χ4n) is 3.77. The summed E-state index contributed by atoms with van der Waals surface area (Å²) in [5, 5.41) is 20.5. The van der Waals surface area contributed by atoms with E-state index in [1.54, 1.807) is 13.8 Å². The molecule has 2 N–H and O–H groups in total. The maximum Gasteiger partial charge on any atom is 0.337 e. The molecule has 0 aromatic rings. The molecule has 2 rings (SSSR count). The number of esters is 3. The smallest absolute Gasteiger partial charge is 0.337 e. The van der Waals surface area contributed by atoms with Gasteiger partial charge in [0, 0.05) is 25.3 Å². The topological polar surface area (TPSA) is 119 Å². The van der Waals surface area contributed by atoms with Crippen LogP contribution in [0.3, 0.4) is 0 Å². The molecule has 1 heterocycles. The van der Waals surface area contributed by atoms with Crippen LogP contribution in [-0.4, -0.2) is 59.1 Å². The molecule has 1 aliphatic heterocycles. The average Bonchev–Trinajstić information content (AvgIpc) is 2.93. The van der Waals surface area contributed by atoms with Crippen molar-refractivity contribution in [3.63, 3.8) is 0 Å². The predicted molar refractivity (Wildman–Crippen MR) is 107 cm³/mol. The summed E-state index contributed by atoms with van der Waals surface area (Å²) in [6.07, 6.45) is 3.02. The van der Waals surface area contributed by atoms with Gasteiger partial charge in [0.15, 0.2) is 0 Å². The summed E-state index contributed by atoms with van der Waals surface area (Å²) < 4.78 is 16.0. The molecule has 0 saturated carbocycles. The van der Waals surface area contributed by atoms with Gasteiger partial charge in [0.2, 0.25) is 0 Å². The lowest BCUT2D eigenvalue weighted by molar-refractivity contribution is -0.153. The van der Waals surface area contributed by atoms with Gasteiger partial charge in [-0.2, -0.15) is 0 Å². The Morgan fingerprint density at radius 1 is 1.43 bits per heavy atom. The van der Waals surface area contributed by atoms with E-state index >= 15 is 0 Å². The highest BCUT2D eigenvalue weighted by Crippen LogP contribution is 2.39. The molecule has 0 amide bonds. The Labute approximate surface area is 176 Å². The second-order valence-corrected chi connectivity index (χ2v) is 8.00. The van der Waals surface area contributed by atoms with Crippen LogP contribution in [0, 0.1) is 5.92 Å². The molecule has 166 valence electrons. The van der Waals surface area contributed by atoms with E-state index in [2.05, 4.69) is 6.58 Å². The van der Waals surface area contributed by atoms with Crippen molar-refractivity contribution in [1.82, 2.24) is 0 Å². The molecular formula is C22H30O8. The molecule has 30 heavy (non-hydrogen) atoms. The minimum Gasteiger partial charge on any atom is -0.461 e. The van der Waals surface area contributed by atoms with E-state index in [9.17, 15) is 24.6 Å². The van der Waals surface area contributed by atoms with Crippen molar-refractivity contribution in [2.24, 2.45) is 5.92 Å². The number of carbonyl (C=O) groups is 3. The molecule has 1 saturated heterocycles. The third-order valence-corrected chi connectivity index (χ3v) is 5.45. The van der Waals surface area contributed by atoms with Crippen molar-refractivity contribution in [2.45, 2.75) is 64.3 Å². The van der Waals surface area contributed by atoms with Crippen molar-refractivity contribution in [1.29, 1.82) is 0 Å². The Kier molecular flexibility index (Phi) is 7.97. The summed E-state index contributed by atoms with van der Waals surface area (Å²) in [6.45, 7) is 7.85. The van der Waals surface area contributed by atoms with Gasteiger partial charge in [-0.05, 0) is 32.3 Å². The van der Waals surface area contributed by atoms with Crippen LogP contribution in [0.2, 0.25) is 0 Å². The third kappa shape index (κ3) is 6.03. The SMILES string of the molecule is C=C1C(=O)O[C@H]2C/C(CO)=C\CC[C@@](C)(O)C[C@H](OC(=O)/C(=C\C)COC(C)=O)[C@H]12. The van der Waals surface area contributed by atoms with Gasteiger partial charge >= 0.3 is 17.9 Å². The molecule has 8 heteroatoms. The number of hydrogen-bond donors (Lipinski definition) is 2. The fraction of sp³-hybridized carbons (Fsp3) is 0.591. The molecule has 0 bridgehead atoms. The van der Waals surface area contributed by atoms with Gasteiger partial charge in [-0.3, -0.25) is 4.79 Å². The highest BCUT2D eigenvalue weighted by atomic mass is 16.6. The molecule has 0 aromatic heterocycles. The molecule has 0 unspecified atom stereocenters. The summed E-state index contributed by atoms with van der Waals surface area (Å²) in [5.74, 6) is -2.50. The van der Waals surface area contributed by atoms with Gasteiger partial charge < -0.3 is 24.4 Å². The van der Waals surface area contributed by atoms with Crippen LogP contribution >= 0.6 is 0 Å². The molecule has 0 radical (unpaired) electrons. The summed E-state index contributed by atoms with van der Waals surface area (Å²) in [4.78, 5) is 36.0. The first-order valence-electron chi connectivity index (χ1n) is 9.98. The van der Waals surface area contributed by atoms with Crippen LogP contribution in [0.4, 0.5) is 0 Å². The molecule has 0 aromatic carbocycles. The van der Waals surface area contributed by atoms with Crippen molar-refractivity contribution < 1.29 is 38.8 Å². The highest BCUT2D eigenvalue weighted by molar-refractivity contribution is 5.92. The second-order valence-electron chi connectivity index (χ2n) is 8.00. The van der Waals surface area contributed by atoms with Crippen LogP contribution < -0.4 is 0 Å². The van der Waals surface area contributed by atoms with Crippen molar-refractivity contribution >= 4 is 17.9 Å². The van der Waals surface area contributed by atoms with E-state index in [1.807, 2.05) is 6.08 Å². The van der Waals surface area contributed by atoms with Crippen LogP contribution in [0.25, 0.3) is 0 Å². The van der Waals surface area contributed by atoms with E-state index in [1.165, 1.54) is 13.0 Å². The first-order valence-corrected chi connectivity index (χ1v) is 9.98. The number of fused-ring (bicyclic) bond motifs is 1. The molecule has 8 nitrogen and oxygen atoms in total. The first-order chi connectivity index (χ1) is 14.1. The molecule has 1 fully saturated rings. The van der Waals surface area contributed by atoms with Gasteiger partial charge in [-0.15, -0.1) is 0 Å². The number of aliphatic hydroxyl groups is 2. The highest BCUT2D eigenvalue weighted by Gasteiger charge is 2.47. The summed E-state index contributed by atoms with van der Waals surface area (Å²) in [5.41, 5.74) is -0.208. The van der Waals surface area contributed by atoms with Crippen molar-refractivity contribution in [3.05, 3.63) is 35.5 Å². The lowest BCUT2D eigenvalue weighted by atomic mass is 9.80. The average molecular weight is 422 g/mol. The van der Waals surface area contributed by atoms with E-state index in [4.69, 9.17) is 14.2 Å². The van der Waals surface area contributed by atoms with Gasteiger partial charge in [0.1, 0.15) is 18.8 Å². The Balaban J connectivity index is 2.34. The number of allylic oxidation sites excluding steroid dienone is 2. The quantitative estimate of drug-likeness (QED) is 0.298. The second kappa shape index (κ2) is 10.0. The lowest BCUT2D eigenvalue weighted by Crippen LogP contribution is -2.41. The maximum absolute atomic E-state index is 12.7. The fourth-order valence-corrected chi connectivity index (χ4v) is 3.77. The van der Waals surface area contributed by atoms with Crippen LogP contribution in [0.15, 0.2) is 35.5 Å². The minimum absolute atomic E-state index is 0.0718. The molecule has 1 aliphatic carbocycles. The largest absolute Gasteiger partial charge is 0.461 e. The summed E-state index contributed by atoms with van der Waals surface area (Å²) in [6, 6.07) is 0. The minimum atomic E-state index is -1.19. The first kappa shape index (κ1) is 23.8. The Morgan fingerprint density at radius 3 is 2.73 bits per heavy atom. The monoisotopic (exact) mass is 422 g/mol. The maximum atomic E-state index is 12.7. The number of hydrogen-bond acceptors (Lipinski definition) is 8. The van der Waals surface area contributed by atoms with Gasteiger partial charge in [-0.25, -0.2) is 9.59 Å². The summed E-state index contributed by atoms with van der Waals surface area (Å²) in [7, 11) is 0. The summed E-state index contributed by atoms with van der Waals surface area (Å²) >= 11 is 0. The Morgan fingerprint density at radius 2 is 2.13 bits per heavy atom. The van der Waals surface area contributed by atoms with E-state index in [0.717, 1.165) is 0 Å². The van der Waals surface area contributed by atoms with E-state index in [0.29, 0.717) is 18.4 Å².